The maximum absolute atomic E-state index is 12.5. The van der Waals surface area contributed by atoms with E-state index in [0.29, 0.717) is 16.7 Å². The van der Waals surface area contributed by atoms with Crippen LogP contribution in [-0.2, 0) is 4.79 Å². The average Bonchev–Trinajstić information content (AvgIpc) is 3.22. The summed E-state index contributed by atoms with van der Waals surface area (Å²) >= 11 is 1.34. The third-order valence-corrected chi connectivity index (χ3v) is 5.62. The fraction of sp³-hybridized carbons (Fsp3) is 0.174. The van der Waals surface area contributed by atoms with Crippen LogP contribution in [0, 0.1) is 13.8 Å². The van der Waals surface area contributed by atoms with Gasteiger partial charge < -0.3 is 14.6 Å². The Hall–Kier alpha value is -3.32. The molecule has 1 aromatic carbocycles. The van der Waals surface area contributed by atoms with Crippen molar-refractivity contribution in [2.24, 2.45) is 4.99 Å². The van der Waals surface area contributed by atoms with Crippen LogP contribution in [0.3, 0.4) is 0 Å². The first kappa shape index (κ1) is 20.0. The van der Waals surface area contributed by atoms with Crippen molar-refractivity contribution >= 4 is 34.6 Å². The molecule has 7 heteroatoms. The molecular formula is C23H22N4O2S. The first-order chi connectivity index (χ1) is 14.5. The molecule has 2 aromatic heterocycles. The Morgan fingerprint density at radius 2 is 1.90 bits per heavy atom. The first-order valence-electron chi connectivity index (χ1n) is 9.67. The maximum atomic E-state index is 12.5. The molecular weight excluding hydrogens is 396 g/mol. The maximum Gasteiger partial charge on any atom is 0.264 e. The zero-order valence-corrected chi connectivity index (χ0v) is 17.9. The molecule has 30 heavy (non-hydrogen) atoms. The summed E-state index contributed by atoms with van der Waals surface area (Å²) < 4.78 is 7.60. The highest BCUT2D eigenvalue weighted by Gasteiger charge is 2.24. The molecule has 1 saturated heterocycles. The van der Waals surface area contributed by atoms with Gasteiger partial charge in [0.2, 0.25) is 0 Å². The van der Waals surface area contributed by atoms with Gasteiger partial charge in [0, 0.05) is 29.5 Å². The number of pyridine rings is 1. The summed E-state index contributed by atoms with van der Waals surface area (Å²) in [7, 11) is 0. The Labute approximate surface area is 179 Å². The number of hydrogen-bond acceptors (Lipinski definition) is 5. The predicted octanol–water partition coefficient (Wildman–Crippen LogP) is 4.78. The first-order valence-corrected chi connectivity index (χ1v) is 10.5. The van der Waals surface area contributed by atoms with Crippen LogP contribution in [0.4, 0.5) is 5.69 Å². The van der Waals surface area contributed by atoms with Crippen molar-refractivity contribution < 1.29 is 9.53 Å². The summed E-state index contributed by atoms with van der Waals surface area (Å²) in [6, 6.07) is 13.5. The van der Waals surface area contributed by atoms with Crippen molar-refractivity contribution in [2.45, 2.75) is 20.8 Å². The second kappa shape index (κ2) is 8.59. The quantitative estimate of drug-likeness (QED) is 0.606. The van der Waals surface area contributed by atoms with Gasteiger partial charge in [-0.3, -0.25) is 9.78 Å². The molecule has 3 aromatic rings. The monoisotopic (exact) mass is 418 g/mol. The van der Waals surface area contributed by atoms with E-state index in [4.69, 9.17) is 4.74 Å². The van der Waals surface area contributed by atoms with Crippen LogP contribution < -0.4 is 10.1 Å². The molecule has 1 aliphatic rings. The van der Waals surface area contributed by atoms with Gasteiger partial charge in [-0.2, -0.15) is 0 Å². The minimum atomic E-state index is -0.140. The molecule has 1 fully saturated rings. The number of aliphatic imine (C=N–C) groups is 1. The number of aromatic nitrogens is 2. The van der Waals surface area contributed by atoms with E-state index in [0.717, 1.165) is 34.1 Å². The summed E-state index contributed by atoms with van der Waals surface area (Å²) in [5, 5.41) is 3.41. The number of nitrogens with one attached hydrogen (secondary N) is 1. The largest absolute Gasteiger partial charge is 0.494 e. The summed E-state index contributed by atoms with van der Waals surface area (Å²) in [6.45, 7) is 6.67. The van der Waals surface area contributed by atoms with Crippen molar-refractivity contribution in [3.8, 4) is 11.4 Å². The zero-order chi connectivity index (χ0) is 21.1. The van der Waals surface area contributed by atoms with Crippen molar-refractivity contribution in [3.05, 3.63) is 76.7 Å². The molecule has 3 heterocycles. The molecule has 0 radical (unpaired) electrons. The second-order valence-electron chi connectivity index (χ2n) is 6.78. The van der Waals surface area contributed by atoms with Crippen LogP contribution in [-0.4, -0.2) is 27.2 Å². The standard InChI is InChI=1S/C23H22N4O2S/c1-4-29-20-7-5-18(6-8-20)25-23-26-22(28)21(30-23)14-17-13-15(2)27(16(17)3)19-9-11-24-12-10-19/h5-14H,4H2,1-3H3,(H,25,26,28)/b21-14-. The number of benzene rings is 1. The lowest BCUT2D eigenvalue weighted by Gasteiger charge is -2.08. The van der Waals surface area contributed by atoms with Gasteiger partial charge in [0.05, 0.1) is 17.2 Å². The number of amides is 1. The van der Waals surface area contributed by atoms with Crippen molar-refractivity contribution in [1.82, 2.24) is 14.9 Å². The Morgan fingerprint density at radius 1 is 1.17 bits per heavy atom. The molecule has 1 N–H and O–H groups in total. The number of aryl methyl sites for hydroxylation is 1. The lowest BCUT2D eigenvalue weighted by atomic mass is 10.2. The van der Waals surface area contributed by atoms with E-state index < -0.39 is 0 Å². The van der Waals surface area contributed by atoms with Crippen LogP contribution in [0.2, 0.25) is 0 Å². The van der Waals surface area contributed by atoms with Gasteiger partial charge in [0.15, 0.2) is 5.17 Å². The number of nitrogens with zero attached hydrogens (tertiary/aromatic N) is 3. The minimum Gasteiger partial charge on any atom is -0.494 e. The fourth-order valence-corrected chi connectivity index (χ4v) is 4.18. The van der Waals surface area contributed by atoms with Gasteiger partial charge in [-0.05, 0) is 86.6 Å². The molecule has 152 valence electrons. The summed E-state index contributed by atoms with van der Waals surface area (Å²) in [5.74, 6) is 0.660. The highest BCUT2D eigenvalue weighted by Crippen LogP contribution is 2.30. The summed E-state index contributed by atoms with van der Waals surface area (Å²) in [4.78, 5) is 21.7. The van der Waals surface area contributed by atoms with Crippen molar-refractivity contribution in [1.29, 1.82) is 0 Å². The van der Waals surface area contributed by atoms with E-state index in [1.165, 1.54) is 11.8 Å². The molecule has 6 nitrogen and oxygen atoms in total. The molecule has 1 aliphatic heterocycles. The lowest BCUT2D eigenvalue weighted by molar-refractivity contribution is -0.115. The molecule has 0 unspecified atom stereocenters. The Morgan fingerprint density at radius 3 is 2.60 bits per heavy atom. The normalized spacial score (nSPS) is 16.3. The Balaban J connectivity index is 1.57. The van der Waals surface area contributed by atoms with Crippen LogP contribution in [0.15, 0.2) is 64.8 Å². The van der Waals surface area contributed by atoms with E-state index in [2.05, 4.69) is 32.9 Å². The molecule has 0 saturated carbocycles. The van der Waals surface area contributed by atoms with E-state index in [9.17, 15) is 4.79 Å². The molecule has 1 amide bonds. The summed E-state index contributed by atoms with van der Waals surface area (Å²) in [6.07, 6.45) is 5.47. The SMILES string of the molecule is CCOc1ccc(N=C2NC(=O)/C(=C/c3cc(C)n(-c4ccncc4)c3C)S2)cc1. The lowest BCUT2D eigenvalue weighted by Crippen LogP contribution is -2.19. The zero-order valence-electron chi connectivity index (χ0n) is 17.0. The number of ether oxygens (including phenoxy) is 1. The summed E-state index contributed by atoms with van der Waals surface area (Å²) in [5.41, 5.74) is 4.97. The van der Waals surface area contributed by atoms with Gasteiger partial charge >= 0.3 is 0 Å². The fourth-order valence-electron chi connectivity index (χ4n) is 3.35. The van der Waals surface area contributed by atoms with E-state index in [-0.39, 0.29) is 5.91 Å². The number of hydrogen-bond donors (Lipinski definition) is 1. The highest BCUT2D eigenvalue weighted by atomic mass is 32.2. The van der Waals surface area contributed by atoms with Crippen LogP contribution in [0.5, 0.6) is 5.75 Å². The van der Waals surface area contributed by atoms with Crippen LogP contribution in [0.25, 0.3) is 11.8 Å². The minimum absolute atomic E-state index is 0.140. The number of thioether (sulfide) groups is 1. The van der Waals surface area contributed by atoms with Gasteiger partial charge in [0.1, 0.15) is 5.75 Å². The third-order valence-electron chi connectivity index (χ3n) is 4.71. The Kier molecular flexibility index (Phi) is 5.72. The van der Waals surface area contributed by atoms with Gasteiger partial charge in [-0.15, -0.1) is 0 Å². The predicted molar refractivity (Wildman–Crippen MR) is 121 cm³/mol. The van der Waals surface area contributed by atoms with Crippen LogP contribution >= 0.6 is 11.8 Å². The van der Waals surface area contributed by atoms with Crippen molar-refractivity contribution in [3.63, 3.8) is 0 Å². The second-order valence-corrected chi connectivity index (χ2v) is 7.81. The number of carbonyl (C=O) groups excluding carboxylic acids is 1. The smallest absolute Gasteiger partial charge is 0.264 e. The molecule has 0 spiro atoms. The third kappa shape index (κ3) is 4.16. The highest BCUT2D eigenvalue weighted by molar-refractivity contribution is 8.18. The average molecular weight is 419 g/mol. The molecule has 0 atom stereocenters. The Bertz CT molecular complexity index is 1130. The number of amidine groups is 1. The topological polar surface area (TPSA) is 68.5 Å². The molecule has 4 rings (SSSR count). The van der Waals surface area contributed by atoms with E-state index in [1.807, 2.05) is 56.3 Å². The van der Waals surface area contributed by atoms with Gasteiger partial charge in [-0.25, -0.2) is 4.99 Å². The van der Waals surface area contributed by atoms with Gasteiger partial charge in [-0.1, -0.05) is 0 Å². The molecule has 0 aliphatic carbocycles. The molecule has 0 bridgehead atoms. The number of carbonyl (C=O) groups is 1. The number of rotatable bonds is 5. The van der Waals surface area contributed by atoms with Crippen LogP contribution in [0.1, 0.15) is 23.9 Å². The van der Waals surface area contributed by atoms with E-state index >= 15 is 0 Å². The van der Waals surface area contributed by atoms with Crippen molar-refractivity contribution in [2.75, 3.05) is 6.61 Å². The van der Waals surface area contributed by atoms with Gasteiger partial charge in [0.25, 0.3) is 5.91 Å². The van der Waals surface area contributed by atoms with E-state index in [1.54, 1.807) is 12.4 Å².